The first-order valence-corrected chi connectivity index (χ1v) is 6.20. The highest BCUT2D eigenvalue weighted by atomic mass is 32.1. The number of nitrogens with zero attached hydrogens (tertiary/aromatic N) is 1. The van der Waals surface area contributed by atoms with Crippen LogP contribution in [0.1, 0.15) is 5.56 Å². The third-order valence-corrected chi connectivity index (χ3v) is 2.77. The van der Waals surface area contributed by atoms with Crippen molar-refractivity contribution in [3.8, 4) is 0 Å². The maximum absolute atomic E-state index is 11.9. The molecule has 0 saturated carbocycles. The van der Waals surface area contributed by atoms with Gasteiger partial charge in [-0.3, -0.25) is 4.79 Å². The fraction of sp³-hybridized carbons (Fsp3) is 0.0714. The summed E-state index contributed by atoms with van der Waals surface area (Å²) in [6.07, 6.45) is 3.68. The minimum atomic E-state index is -0.101. The zero-order valence-corrected chi connectivity index (χ0v) is 11.1. The highest BCUT2D eigenvalue weighted by molar-refractivity contribution is 7.80. The first kappa shape index (κ1) is 13.2. The number of carbonyl (C=O) groups is 1. The zero-order chi connectivity index (χ0) is 13.7. The Bertz CT molecular complexity index is 599. The standard InChI is InChI=1S/C14H13N3OS/c15-14(19)11-5-4-6-12(9-11)16-13(18)10-17-7-2-1-3-8-17/h1-9H,10H2,(H2-,15,16,18,19)/p+1. The second-order valence-electron chi connectivity index (χ2n) is 4.04. The quantitative estimate of drug-likeness (QED) is 0.650. The molecule has 1 aromatic heterocycles. The largest absolute Gasteiger partial charge is 0.389 e. The molecule has 1 amide bonds. The van der Waals surface area contributed by atoms with Crippen molar-refractivity contribution in [1.29, 1.82) is 0 Å². The second-order valence-corrected chi connectivity index (χ2v) is 4.48. The van der Waals surface area contributed by atoms with E-state index in [1.165, 1.54) is 0 Å². The fourth-order valence-corrected chi connectivity index (χ4v) is 1.78. The number of nitrogens with two attached hydrogens (primary N) is 1. The third kappa shape index (κ3) is 3.86. The Morgan fingerprint density at radius 3 is 2.63 bits per heavy atom. The van der Waals surface area contributed by atoms with E-state index in [9.17, 15) is 4.79 Å². The lowest BCUT2D eigenvalue weighted by atomic mass is 10.2. The van der Waals surface area contributed by atoms with Crippen LogP contribution in [0.2, 0.25) is 0 Å². The molecule has 0 bridgehead atoms. The first-order valence-electron chi connectivity index (χ1n) is 5.79. The molecule has 0 radical (unpaired) electrons. The van der Waals surface area contributed by atoms with Crippen LogP contribution in [0.3, 0.4) is 0 Å². The Morgan fingerprint density at radius 2 is 1.95 bits per heavy atom. The molecule has 4 nitrogen and oxygen atoms in total. The summed E-state index contributed by atoms with van der Waals surface area (Å²) < 4.78 is 1.80. The van der Waals surface area contributed by atoms with Crippen molar-refractivity contribution < 1.29 is 9.36 Å². The lowest BCUT2D eigenvalue weighted by Gasteiger charge is -2.05. The topological polar surface area (TPSA) is 59.0 Å². The van der Waals surface area contributed by atoms with Gasteiger partial charge in [0, 0.05) is 23.4 Å². The summed E-state index contributed by atoms with van der Waals surface area (Å²) in [5, 5.41) is 2.81. The van der Waals surface area contributed by atoms with E-state index in [0.29, 0.717) is 10.7 Å². The lowest BCUT2D eigenvalue weighted by Crippen LogP contribution is -2.39. The molecule has 1 heterocycles. The SMILES string of the molecule is NC(=S)c1cccc(NC(=O)C[n+]2ccccc2)c1. The molecule has 2 aromatic rings. The summed E-state index contributed by atoms with van der Waals surface area (Å²) >= 11 is 4.90. The first-order chi connectivity index (χ1) is 9.15. The van der Waals surface area contributed by atoms with Gasteiger partial charge < -0.3 is 11.1 Å². The lowest BCUT2D eigenvalue weighted by molar-refractivity contribution is -0.684. The van der Waals surface area contributed by atoms with Crippen LogP contribution in [-0.4, -0.2) is 10.9 Å². The van der Waals surface area contributed by atoms with Gasteiger partial charge in [0.2, 0.25) is 6.54 Å². The molecule has 0 aliphatic carbocycles. The van der Waals surface area contributed by atoms with E-state index in [4.69, 9.17) is 18.0 Å². The Morgan fingerprint density at radius 1 is 1.21 bits per heavy atom. The average molecular weight is 272 g/mol. The molecule has 19 heavy (non-hydrogen) atoms. The number of thiocarbonyl (C=S) groups is 1. The van der Waals surface area contributed by atoms with Gasteiger partial charge in [0.15, 0.2) is 12.4 Å². The van der Waals surface area contributed by atoms with Gasteiger partial charge >= 0.3 is 0 Å². The molecule has 0 fully saturated rings. The van der Waals surface area contributed by atoms with E-state index in [1.54, 1.807) is 22.8 Å². The van der Waals surface area contributed by atoms with Crippen LogP contribution >= 0.6 is 12.2 Å². The summed E-state index contributed by atoms with van der Waals surface area (Å²) in [5.41, 5.74) is 6.97. The molecular formula is C14H14N3OS+. The molecule has 0 spiro atoms. The maximum atomic E-state index is 11.9. The van der Waals surface area contributed by atoms with E-state index in [0.717, 1.165) is 5.56 Å². The van der Waals surface area contributed by atoms with Crippen LogP contribution in [-0.2, 0) is 11.3 Å². The molecule has 0 aliphatic heterocycles. The molecular weight excluding hydrogens is 258 g/mol. The Hall–Kier alpha value is -2.27. The number of pyridine rings is 1. The van der Waals surface area contributed by atoms with E-state index in [2.05, 4.69) is 5.32 Å². The third-order valence-electron chi connectivity index (χ3n) is 2.53. The summed E-state index contributed by atoms with van der Waals surface area (Å²) in [4.78, 5) is 12.2. The number of rotatable bonds is 4. The molecule has 0 unspecified atom stereocenters. The van der Waals surface area contributed by atoms with Gasteiger partial charge in [-0.1, -0.05) is 30.4 Å². The predicted molar refractivity (Wildman–Crippen MR) is 77.6 cm³/mol. The minimum Gasteiger partial charge on any atom is -0.389 e. The van der Waals surface area contributed by atoms with E-state index in [-0.39, 0.29) is 12.5 Å². The van der Waals surface area contributed by atoms with Crippen molar-refractivity contribution in [3.63, 3.8) is 0 Å². The molecule has 0 saturated heterocycles. The van der Waals surface area contributed by atoms with Gasteiger partial charge in [-0.25, -0.2) is 0 Å². The molecule has 0 aliphatic rings. The number of hydrogen-bond donors (Lipinski definition) is 2. The molecule has 5 heteroatoms. The van der Waals surface area contributed by atoms with Crippen LogP contribution in [0, 0.1) is 0 Å². The zero-order valence-electron chi connectivity index (χ0n) is 10.2. The minimum absolute atomic E-state index is 0.101. The fourth-order valence-electron chi connectivity index (χ4n) is 1.66. The molecule has 1 aromatic carbocycles. The van der Waals surface area contributed by atoms with Crippen molar-refractivity contribution in [2.45, 2.75) is 6.54 Å². The number of carbonyl (C=O) groups excluding carboxylic acids is 1. The van der Waals surface area contributed by atoms with Crippen LogP contribution in [0.5, 0.6) is 0 Å². The Balaban J connectivity index is 2.03. The molecule has 0 atom stereocenters. The van der Waals surface area contributed by atoms with Gasteiger partial charge in [-0.15, -0.1) is 0 Å². The summed E-state index contributed by atoms with van der Waals surface area (Å²) in [7, 11) is 0. The molecule has 2 rings (SSSR count). The highest BCUT2D eigenvalue weighted by Crippen LogP contribution is 2.10. The summed E-state index contributed by atoms with van der Waals surface area (Å²) in [6.45, 7) is 0.262. The Labute approximate surface area is 116 Å². The summed E-state index contributed by atoms with van der Waals surface area (Å²) in [6, 6.07) is 12.8. The van der Waals surface area contributed by atoms with E-state index >= 15 is 0 Å². The van der Waals surface area contributed by atoms with Crippen molar-refractivity contribution >= 4 is 28.8 Å². The molecule has 96 valence electrons. The van der Waals surface area contributed by atoms with Crippen molar-refractivity contribution in [3.05, 3.63) is 60.4 Å². The highest BCUT2D eigenvalue weighted by Gasteiger charge is 2.09. The Kier molecular flexibility index (Phi) is 4.20. The maximum Gasteiger partial charge on any atom is 0.290 e. The summed E-state index contributed by atoms with van der Waals surface area (Å²) in [5.74, 6) is -0.101. The number of hydrogen-bond acceptors (Lipinski definition) is 2. The second kappa shape index (κ2) is 6.06. The van der Waals surface area contributed by atoms with Gasteiger partial charge in [0.25, 0.3) is 5.91 Å². The van der Waals surface area contributed by atoms with Crippen LogP contribution < -0.4 is 15.6 Å². The number of nitrogens with one attached hydrogen (secondary N) is 1. The van der Waals surface area contributed by atoms with Crippen molar-refractivity contribution in [2.24, 2.45) is 5.73 Å². The van der Waals surface area contributed by atoms with Gasteiger partial charge in [-0.05, 0) is 12.1 Å². The van der Waals surface area contributed by atoms with Crippen molar-refractivity contribution in [2.75, 3.05) is 5.32 Å². The average Bonchev–Trinajstić information content (AvgIpc) is 2.40. The van der Waals surface area contributed by atoms with Crippen LogP contribution in [0.25, 0.3) is 0 Å². The number of anilines is 1. The van der Waals surface area contributed by atoms with Gasteiger partial charge in [-0.2, -0.15) is 4.57 Å². The van der Waals surface area contributed by atoms with Gasteiger partial charge in [0.1, 0.15) is 4.99 Å². The van der Waals surface area contributed by atoms with Crippen molar-refractivity contribution in [1.82, 2.24) is 0 Å². The monoisotopic (exact) mass is 272 g/mol. The normalized spacial score (nSPS) is 9.89. The van der Waals surface area contributed by atoms with Crippen LogP contribution in [0.15, 0.2) is 54.9 Å². The van der Waals surface area contributed by atoms with Crippen LogP contribution in [0.4, 0.5) is 5.69 Å². The van der Waals surface area contributed by atoms with Gasteiger partial charge in [0.05, 0.1) is 0 Å². The number of aromatic nitrogens is 1. The van der Waals surface area contributed by atoms with E-state index in [1.807, 2.05) is 36.7 Å². The number of amides is 1. The smallest absolute Gasteiger partial charge is 0.290 e. The number of benzene rings is 1. The van der Waals surface area contributed by atoms with E-state index < -0.39 is 0 Å². The predicted octanol–water partition coefficient (Wildman–Crippen LogP) is 1.25. The molecule has 3 N–H and O–H groups in total.